The van der Waals surface area contributed by atoms with E-state index in [4.69, 9.17) is 0 Å². The number of carboxylic acids is 1. The summed E-state index contributed by atoms with van der Waals surface area (Å²) >= 11 is 0. The Bertz CT molecular complexity index is 764. The monoisotopic (exact) mass is 354 g/mol. The van der Waals surface area contributed by atoms with Crippen molar-refractivity contribution in [2.45, 2.75) is 65.6 Å². The molecular weight excluding hydrogens is 324 g/mol. The Labute approximate surface area is 156 Å². The number of carboxylic acid groups (broad SMARTS) is 1. The molecule has 4 heteroatoms. The van der Waals surface area contributed by atoms with E-state index in [9.17, 15) is 9.90 Å². The van der Waals surface area contributed by atoms with E-state index in [0.29, 0.717) is 30.6 Å². The van der Waals surface area contributed by atoms with Crippen LogP contribution in [0.3, 0.4) is 0 Å². The standard InChI is InChI=1S/C22H30N2O2/c1-15-9-7-8-12-20(15)23-13-19-16(2)24(17(3)21(19)22(25)26)14-18-10-5-4-6-11-18/h4-6,10-11,15,20,23H,7-9,12-14H2,1-3H3,(H,25,26)/t15-,20+/m1/s1. The molecule has 1 heterocycles. The van der Waals surface area contributed by atoms with Crippen LogP contribution in [0.1, 0.15) is 65.5 Å². The van der Waals surface area contributed by atoms with Crippen molar-refractivity contribution in [3.63, 3.8) is 0 Å². The lowest BCUT2D eigenvalue weighted by molar-refractivity contribution is 0.0694. The van der Waals surface area contributed by atoms with E-state index in [-0.39, 0.29) is 0 Å². The van der Waals surface area contributed by atoms with Gasteiger partial charge in [0.15, 0.2) is 0 Å². The summed E-state index contributed by atoms with van der Waals surface area (Å²) in [4.78, 5) is 11.9. The molecule has 2 atom stereocenters. The van der Waals surface area contributed by atoms with E-state index in [0.717, 1.165) is 17.0 Å². The zero-order valence-electron chi connectivity index (χ0n) is 16.1. The van der Waals surface area contributed by atoms with E-state index in [2.05, 4.69) is 28.9 Å². The van der Waals surface area contributed by atoms with E-state index in [1.807, 2.05) is 32.0 Å². The molecule has 140 valence electrons. The lowest BCUT2D eigenvalue weighted by Gasteiger charge is -2.29. The van der Waals surface area contributed by atoms with Crippen molar-refractivity contribution in [2.24, 2.45) is 5.92 Å². The number of aromatic carboxylic acids is 1. The number of hydrogen-bond acceptors (Lipinski definition) is 2. The van der Waals surface area contributed by atoms with Crippen molar-refractivity contribution in [1.29, 1.82) is 0 Å². The molecule has 1 aliphatic rings. The molecule has 1 aromatic heterocycles. The van der Waals surface area contributed by atoms with Gasteiger partial charge in [0.25, 0.3) is 0 Å². The summed E-state index contributed by atoms with van der Waals surface area (Å²) in [7, 11) is 0. The first-order chi connectivity index (χ1) is 12.5. The van der Waals surface area contributed by atoms with Crippen LogP contribution in [-0.2, 0) is 13.1 Å². The highest BCUT2D eigenvalue weighted by Crippen LogP contribution is 2.27. The van der Waals surface area contributed by atoms with E-state index in [1.165, 1.54) is 31.2 Å². The number of carbonyl (C=O) groups is 1. The quantitative estimate of drug-likeness (QED) is 0.802. The van der Waals surface area contributed by atoms with Gasteiger partial charge in [-0.15, -0.1) is 0 Å². The summed E-state index contributed by atoms with van der Waals surface area (Å²) in [5.41, 5.74) is 4.48. The molecule has 1 saturated carbocycles. The zero-order valence-corrected chi connectivity index (χ0v) is 16.1. The Hall–Kier alpha value is -2.07. The third-order valence-corrected chi connectivity index (χ3v) is 5.96. The highest BCUT2D eigenvalue weighted by atomic mass is 16.4. The summed E-state index contributed by atoms with van der Waals surface area (Å²) in [5.74, 6) is -0.171. The van der Waals surface area contributed by atoms with Gasteiger partial charge in [0.05, 0.1) is 5.56 Å². The van der Waals surface area contributed by atoms with Crippen LogP contribution in [0.15, 0.2) is 30.3 Å². The fraction of sp³-hybridized carbons (Fsp3) is 0.500. The largest absolute Gasteiger partial charge is 0.478 e. The molecule has 0 spiro atoms. The second-order valence-electron chi connectivity index (χ2n) is 7.65. The van der Waals surface area contributed by atoms with E-state index in [1.54, 1.807) is 0 Å². The average Bonchev–Trinajstić information content (AvgIpc) is 2.86. The molecule has 26 heavy (non-hydrogen) atoms. The van der Waals surface area contributed by atoms with Crippen LogP contribution in [0.25, 0.3) is 0 Å². The van der Waals surface area contributed by atoms with E-state index >= 15 is 0 Å². The SMILES string of the molecule is Cc1c(CN[C@H]2CCCC[C@H]2C)c(C(=O)O)c(C)n1Cc1ccccc1. The predicted molar refractivity (Wildman–Crippen MR) is 105 cm³/mol. The van der Waals surface area contributed by atoms with Crippen molar-refractivity contribution >= 4 is 5.97 Å². The van der Waals surface area contributed by atoms with Crippen LogP contribution in [-0.4, -0.2) is 21.7 Å². The molecule has 2 N–H and O–H groups in total. The Kier molecular flexibility index (Phi) is 5.82. The highest BCUT2D eigenvalue weighted by molar-refractivity contribution is 5.91. The van der Waals surface area contributed by atoms with Gasteiger partial charge >= 0.3 is 5.97 Å². The third-order valence-electron chi connectivity index (χ3n) is 5.96. The number of benzene rings is 1. The molecule has 0 saturated heterocycles. The topological polar surface area (TPSA) is 54.3 Å². The van der Waals surface area contributed by atoms with Crippen molar-refractivity contribution in [1.82, 2.24) is 9.88 Å². The number of nitrogens with one attached hydrogen (secondary N) is 1. The molecule has 1 aliphatic carbocycles. The molecule has 1 aromatic carbocycles. The second-order valence-corrected chi connectivity index (χ2v) is 7.65. The van der Waals surface area contributed by atoms with Crippen molar-refractivity contribution in [3.05, 3.63) is 58.4 Å². The van der Waals surface area contributed by atoms with Crippen molar-refractivity contribution in [2.75, 3.05) is 0 Å². The molecule has 0 radical (unpaired) electrons. The number of rotatable bonds is 6. The average molecular weight is 354 g/mol. The molecule has 0 amide bonds. The maximum absolute atomic E-state index is 11.9. The van der Waals surface area contributed by atoms with Gasteiger partial charge in [0.2, 0.25) is 0 Å². The minimum Gasteiger partial charge on any atom is -0.478 e. The van der Waals surface area contributed by atoms with Crippen molar-refractivity contribution < 1.29 is 9.90 Å². The van der Waals surface area contributed by atoms with Crippen LogP contribution in [0.5, 0.6) is 0 Å². The van der Waals surface area contributed by atoms with Crippen LogP contribution in [0.2, 0.25) is 0 Å². The molecule has 1 fully saturated rings. The number of nitrogens with zero attached hydrogens (tertiary/aromatic N) is 1. The molecule has 4 nitrogen and oxygen atoms in total. The minimum absolute atomic E-state index is 0.467. The van der Waals surface area contributed by atoms with E-state index < -0.39 is 5.97 Å². The Morgan fingerprint density at radius 3 is 2.50 bits per heavy atom. The maximum atomic E-state index is 11.9. The van der Waals surface area contributed by atoms with Gasteiger partial charge in [-0.1, -0.05) is 50.1 Å². The fourth-order valence-corrected chi connectivity index (χ4v) is 4.30. The van der Waals surface area contributed by atoms with Gasteiger partial charge in [0, 0.05) is 36.1 Å². The Balaban J connectivity index is 1.86. The molecular formula is C22H30N2O2. The Morgan fingerprint density at radius 1 is 1.15 bits per heavy atom. The maximum Gasteiger partial charge on any atom is 0.337 e. The second kappa shape index (κ2) is 8.09. The number of hydrogen-bond donors (Lipinski definition) is 2. The summed E-state index contributed by atoms with van der Waals surface area (Å²) in [6, 6.07) is 10.7. The van der Waals surface area contributed by atoms with Gasteiger partial charge < -0.3 is 15.0 Å². The van der Waals surface area contributed by atoms with Gasteiger partial charge in [-0.25, -0.2) is 4.79 Å². The van der Waals surface area contributed by atoms with Crippen LogP contribution in [0.4, 0.5) is 0 Å². The predicted octanol–water partition coefficient (Wildman–Crippen LogP) is 4.52. The van der Waals surface area contributed by atoms with Gasteiger partial charge in [-0.3, -0.25) is 0 Å². The van der Waals surface area contributed by atoms with Crippen LogP contribution >= 0.6 is 0 Å². The van der Waals surface area contributed by atoms with Gasteiger partial charge in [-0.05, 0) is 38.2 Å². The van der Waals surface area contributed by atoms with Crippen LogP contribution in [0, 0.1) is 19.8 Å². The van der Waals surface area contributed by atoms with Crippen LogP contribution < -0.4 is 5.32 Å². The minimum atomic E-state index is -0.828. The normalized spacial score (nSPS) is 20.3. The lowest BCUT2D eigenvalue weighted by Crippen LogP contribution is -2.37. The van der Waals surface area contributed by atoms with Gasteiger partial charge in [0.1, 0.15) is 0 Å². The first-order valence-electron chi connectivity index (χ1n) is 9.68. The molecule has 0 bridgehead atoms. The molecule has 3 rings (SSSR count). The molecule has 0 aliphatic heterocycles. The highest BCUT2D eigenvalue weighted by Gasteiger charge is 2.25. The Morgan fingerprint density at radius 2 is 1.85 bits per heavy atom. The third kappa shape index (κ3) is 3.85. The lowest BCUT2D eigenvalue weighted by atomic mass is 9.86. The van der Waals surface area contributed by atoms with Gasteiger partial charge in [-0.2, -0.15) is 0 Å². The zero-order chi connectivity index (χ0) is 18.7. The first-order valence-corrected chi connectivity index (χ1v) is 9.68. The fourth-order valence-electron chi connectivity index (χ4n) is 4.30. The van der Waals surface area contributed by atoms with Crippen molar-refractivity contribution in [3.8, 4) is 0 Å². The summed E-state index contributed by atoms with van der Waals surface area (Å²) in [5, 5.41) is 13.4. The molecule has 0 unspecified atom stereocenters. The summed E-state index contributed by atoms with van der Waals surface area (Å²) in [6.45, 7) is 7.60. The summed E-state index contributed by atoms with van der Waals surface area (Å²) in [6.07, 6.45) is 5.02. The molecule has 2 aromatic rings. The summed E-state index contributed by atoms with van der Waals surface area (Å²) < 4.78 is 2.14. The number of aromatic nitrogens is 1. The first kappa shape index (κ1) is 18.7. The smallest absolute Gasteiger partial charge is 0.337 e.